The molecule has 1 atom stereocenters. The Hall–Kier alpha value is -3.31. The predicted molar refractivity (Wildman–Crippen MR) is 141 cm³/mol. The average Bonchev–Trinajstić information content (AvgIpc) is 3.36. The van der Waals surface area contributed by atoms with E-state index in [1.807, 2.05) is 12.1 Å². The fraction of sp³-hybridized carbons (Fsp3) is 0.115. The number of carboxylic acids is 1. The number of aromatic carboxylic acids is 1. The van der Waals surface area contributed by atoms with E-state index in [4.69, 9.17) is 0 Å². The highest BCUT2D eigenvalue weighted by atomic mass is 32.2. The molecule has 0 aliphatic carbocycles. The molecule has 0 aliphatic rings. The third kappa shape index (κ3) is 5.57. The highest BCUT2D eigenvalue weighted by molar-refractivity contribution is 7.91. The van der Waals surface area contributed by atoms with Crippen molar-refractivity contribution in [1.29, 1.82) is 0 Å². The summed E-state index contributed by atoms with van der Waals surface area (Å²) in [6.45, 7) is 0. The van der Waals surface area contributed by atoms with Gasteiger partial charge in [-0.1, -0.05) is 54.6 Å². The molecule has 4 aromatic rings. The number of anilines is 2. The number of hydrogen-bond acceptors (Lipinski definition) is 5. The van der Waals surface area contributed by atoms with E-state index >= 15 is 0 Å². The van der Waals surface area contributed by atoms with Crippen LogP contribution in [-0.4, -0.2) is 28.3 Å². The minimum atomic E-state index is -3.77. The van der Waals surface area contributed by atoms with E-state index in [0.29, 0.717) is 30.0 Å². The van der Waals surface area contributed by atoms with E-state index in [0.717, 1.165) is 22.5 Å². The first-order valence-corrected chi connectivity index (χ1v) is 14.4. The number of thiophene rings is 1. The number of hydrogen-bond donors (Lipinski definition) is 2. The standard InChI is InChI=1S/C26H23NO6S3/c28-26(29)23-15-6-4-9-19(23)11-8-12-20-10-5-7-16-24(20)27(35(30)31)25-17-22(18-34-25)36(32,33)21-13-2-1-3-14-21/h1-7,9-10,13-18H,8,11-12H2,(H,28,29)(H,30,31). The van der Waals surface area contributed by atoms with Crippen LogP contribution in [0.4, 0.5) is 10.7 Å². The summed E-state index contributed by atoms with van der Waals surface area (Å²) in [6, 6.07) is 23.4. The number of para-hydroxylation sites is 1. The Morgan fingerprint density at radius 3 is 2.17 bits per heavy atom. The zero-order chi connectivity index (χ0) is 25.7. The molecule has 0 aliphatic heterocycles. The number of nitrogens with zero attached hydrogens (tertiary/aromatic N) is 1. The van der Waals surface area contributed by atoms with Crippen molar-refractivity contribution in [1.82, 2.24) is 0 Å². The second-order valence-electron chi connectivity index (χ2n) is 7.91. The molecule has 0 radical (unpaired) electrons. The number of benzene rings is 3. The van der Waals surface area contributed by atoms with E-state index in [9.17, 15) is 27.1 Å². The molecule has 0 fully saturated rings. The Morgan fingerprint density at radius 1 is 0.861 bits per heavy atom. The van der Waals surface area contributed by atoms with Crippen molar-refractivity contribution in [3.8, 4) is 0 Å². The second kappa shape index (κ2) is 11.2. The molecular weight excluding hydrogens is 518 g/mol. The third-order valence-corrected chi connectivity index (χ3v) is 9.27. The van der Waals surface area contributed by atoms with Gasteiger partial charge in [-0.25, -0.2) is 21.7 Å². The summed E-state index contributed by atoms with van der Waals surface area (Å²) in [5, 5.41) is 11.2. The molecule has 2 N–H and O–H groups in total. The number of carbonyl (C=O) groups is 1. The minimum absolute atomic E-state index is 0.0481. The van der Waals surface area contributed by atoms with Gasteiger partial charge < -0.3 is 5.11 Å². The van der Waals surface area contributed by atoms with Crippen LogP contribution in [0, 0.1) is 0 Å². The van der Waals surface area contributed by atoms with Crippen LogP contribution in [0.1, 0.15) is 27.9 Å². The zero-order valence-electron chi connectivity index (χ0n) is 19.0. The molecule has 1 heterocycles. The van der Waals surface area contributed by atoms with Crippen LogP contribution in [0.3, 0.4) is 0 Å². The van der Waals surface area contributed by atoms with Gasteiger partial charge in [0.05, 0.1) is 21.0 Å². The molecule has 0 spiro atoms. The Morgan fingerprint density at radius 2 is 1.47 bits per heavy atom. The van der Waals surface area contributed by atoms with Crippen LogP contribution in [-0.2, 0) is 33.9 Å². The lowest BCUT2D eigenvalue weighted by Gasteiger charge is -2.21. The van der Waals surface area contributed by atoms with Gasteiger partial charge in [0.25, 0.3) is 11.3 Å². The lowest BCUT2D eigenvalue weighted by Crippen LogP contribution is -2.19. The molecule has 4 rings (SSSR count). The number of sulfone groups is 1. The molecule has 1 aromatic heterocycles. The smallest absolute Gasteiger partial charge is 0.335 e. The fourth-order valence-corrected chi connectivity index (χ4v) is 7.26. The first-order valence-electron chi connectivity index (χ1n) is 11.0. The summed E-state index contributed by atoms with van der Waals surface area (Å²) in [5.41, 5.74) is 2.25. The Bertz CT molecular complexity index is 1500. The lowest BCUT2D eigenvalue weighted by molar-refractivity contribution is 0.0695. The quantitative estimate of drug-likeness (QED) is 0.248. The molecule has 186 valence electrons. The van der Waals surface area contributed by atoms with Gasteiger partial charge in [0, 0.05) is 5.38 Å². The number of carboxylic acid groups (broad SMARTS) is 1. The van der Waals surface area contributed by atoms with Gasteiger partial charge in [-0.2, -0.15) is 0 Å². The van der Waals surface area contributed by atoms with Crippen LogP contribution in [0.15, 0.2) is 100 Å². The van der Waals surface area contributed by atoms with Gasteiger partial charge >= 0.3 is 5.97 Å². The van der Waals surface area contributed by atoms with E-state index in [-0.39, 0.29) is 15.4 Å². The number of aryl methyl sites for hydroxylation is 2. The van der Waals surface area contributed by atoms with Crippen LogP contribution in [0.5, 0.6) is 0 Å². The van der Waals surface area contributed by atoms with Gasteiger partial charge in [0.2, 0.25) is 9.84 Å². The van der Waals surface area contributed by atoms with E-state index in [1.54, 1.807) is 54.6 Å². The molecule has 36 heavy (non-hydrogen) atoms. The summed E-state index contributed by atoms with van der Waals surface area (Å²) in [6.07, 6.45) is 1.67. The highest BCUT2D eigenvalue weighted by Gasteiger charge is 2.25. The minimum Gasteiger partial charge on any atom is -0.478 e. The van der Waals surface area contributed by atoms with Crippen molar-refractivity contribution in [3.05, 3.63) is 107 Å². The summed E-state index contributed by atoms with van der Waals surface area (Å²) in [7, 11) is -3.77. The molecule has 1 unspecified atom stereocenters. The van der Waals surface area contributed by atoms with Gasteiger partial charge in [0.1, 0.15) is 5.00 Å². The van der Waals surface area contributed by atoms with E-state index < -0.39 is 27.1 Å². The normalized spacial score (nSPS) is 12.2. The maximum absolute atomic E-state index is 13.0. The van der Waals surface area contributed by atoms with Crippen LogP contribution < -0.4 is 4.31 Å². The Kier molecular flexibility index (Phi) is 8.00. The maximum Gasteiger partial charge on any atom is 0.335 e. The summed E-state index contributed by atoms with van der Waals surface area (Å²) < 4.78 is 49.8. The molecule has 0 bridgehead atoms. The largest absolute Gasteiger partial charge is 0.478 e. The second-order valence-corrected chi connectivity index (χ2v) is 11.6. The van der Waals surface area contributed by atoms with Gasteiger partial charge in [-0.3, -0.25) is 4.55 Å². The first-order chi connectivity index (χ1) is 17.3. The van der Waals surface area contributed by atoms with Gasteiger partial charge in [-0.15, -0.1) is 11.3 Å². The van der Waals surface area contributed by atoms with Gasteiger partial charge in [0.15, 0.2) is 0 Å². The van der Waals surface area contributed by atoms with Crippen molar-refractivity contribution in [2.45, 2.75) is 29.1 Å². The predicted octanol–water partition coefficient (Wildman–Crippen LogP) is 5.73. The molecule has 7 nitrogen and oxygen atoms in total. The van der Waals surface area contributed by atoms with E-state index in [2.05, 4.69) is 0 Å². The van der Waals surface area contributed by atoms with Crippen LogP contribution in [0.25, 0.3) is 0 Å². The number of rotatable bonds is 10. The van der Waals surface area contributed by atoms with Crippen LogP contribution in [0.2, 0.25) is 0 Å². The average molecular weight is 542 g/mol. The van der Waals surface area contributed by atoms with Crippen molar-refractivity contribution in [3.63, 3.8) is 0 Å². The fourth-order valence-electron chi connectivity index (χ4n) is 3.91. The van der Waals surface area contributed by atoms with Crippen molar-refractivity contribution < 1.29 is 27.1 Å². The molecule has 0 saturated carbocycles. The molecule has 10 heteroatoms. The summed E-state index contributed by atoms with van der Waals surface area (Å²) >= 11 is -1.39. The van der Waals surface area contributed by atoms with Crippen molar-refractivity contribution in [2.24, 2.45) is 0 Å². The molecule has 0 saturated heterocycles. The molecule has 3 aromatic carbocycles. The van der Waals surface area contributed by atoms with Gasteiger partial charge in [-0.05, 0) is 60.7 Å². The highest BCUT2D eigenvalue weighted by Crippen LogP contribution is 2.37. The maximum atomic E-state index is 13.0. The summed E-state index contributed by atoms with van der Waals surface area (Å²) in [4.78, 5) is 11.7. The van der Waals surface area contributed by atoms with Crippen molar-refractivity contribution >= 4 is 49.1 Å². The Labute approximate surface area is 216 Å². The lowest BCUT2D eigenvalue weighted by atomic mass is 9.99. The van der Waals surface area contributed by atoms with Crippen molar-refractivity contribution in [2.75, 3.05) is 4.31 Å². The molecular formula is C26H23NO6S3. The topological polar surface area (TPSA) is 112 Å². The molecule has 0 amide bonds. The SMILES string of the molecule is O=C(O)c1ccccc1CCCc1ccccc1N(c1cc(S(=O)(=O)c2ccccc2)cs1)S(=O)O. The monoisotopic (exact) mass is 541 g/mol. The third-order valence-electron chi connectivity index (χ3n) is 5.63. The first kappa shape index (κ1) is 25.8. The van der Waals surface area contributed by atoms with E-state index in [1.165, 1.54) is 27.9 Å². The zero-order valence-corrected chi connectivity index (χ0v) is 21.4. The summed E-state index contributed by atoms with van der Waals surface area (Å²) in [5.74, 6) is -0.980. The van der Waals surface area contributed by atoms with Crippen LogP contribution >= 0.6 is 11.3 Å². The Balaban J connectivity index is 1.60.